The molecule has 35 heavy (non-hydrogen) atoms. The van der Waals surface area contributed by atoms with E-state index < -0.39 is 5.97 Å². The third kappa shape index (κ3) is 4.84. The van der Waals surface area contributed by atoms with Gasteiger partial charge in [0, 0.05) is 5.69 Å². The van der Waals surface area contributed by atoms with Gasteiger partial charge in [-0.3, -0.25) is 18.7 Å². The normalized spacial score (nSPS) is 11.1. The molecule has 0 bridgehead atoms. The van der Waals surface area contributed by atoms with Crippen LogP contribution < -0.4 is 5.56 Å². The molecule has 0 radical (unpaired) electrons. The van der Waals surface area contributed by atoms with Gasteiger partial charge in [-0.15, -0.1) is 10.2 Å². The minimum absolute atomic E-state index is 0.127. The number of fused-ring (bicyclic) bond motifs is 1. The number of carboxylic acids is 1. The summed E-state index contributed by atoms with van der Waals surface area (Å²) in [4.78, 5) is 29.3. The van der Waals surface area contributed by atoms with E-state index in [0.29, 0.717) is 32.8 Å². The maximum Gasteiger partial charge on any atom is 0.313 e. The fraction of sp³-hybridized carbons (Fsp3) is 0.0800. The summed E-state index contributed by atoms with van der Waals surface area (Å²) in [6, 6.07) is 26.2. The average molecular weight is 502 g/mol. The monoisotopic (exact) mass is 501 g/mol. The quantitative estimate of drug-likeness (QED) is 0.246. The molecule has 0 aliphatic heterocycles. The Kier molecular flexibility index (Phi) is 6.64. The molecule has 5 rings (SSSR count). The lowest BCUT2D eigenvalue weighted by molar-refractivity contribution is -0.133. The first kappa shape index (κ1) is 22.9. The van der Waals surface area contributed by atoms with Crippen molar-refractivity contribution in [2.45, 2.75) is 16.1 Å². The number of para-hydroxylation sites is 3. The van der Waals surface area contributed by atoms with Crippen LogP contribution in [-0.4, -0.2) is 41.1 Å². The number of hydrogen-bond donors (Lipinski definition) is 1. The molecule has 0 saturated heterocycles. The molecule has 0 aliphatic carbocycles. The van der Waals surface area contributed by atoms with Gasteiger partial charge in [-0.2, -0.15) is 0 Å². The Morgan fingerprint density at radius 3 is 2.09 bits per heavy atom. The molecule has 0 fully saturated rings. The molecule has 0 saturated carbocycles. The van der Waals surface area contributed by atoms with Crippen molar-refractivity contribution in [3.8, 4) is 11.4 Å². The highest BCUT2D eigenvalue weighted by atomic mass is 32.2. The first-order valence-corrected chi connectivity index (χ1v) is 12.6. The number of carbonyl (C=O) groups is 1. The van der Waals surface area contributed by atoms with E-state index in [9.17, 15) is 9.59 Å². The molecule has 0 atom stereocenters. The molecule has 0 spiro atoms. The van der Waals surface area contributed by atoms with Crippen molar-refractivity contribution in [2.24, 2.45) is 0 Å². The van der Waals surface area contributed by atoms with E-state index in [-0.39, 0.29) is 11.3 Å². The number of benzene rings is 3. The van der Waals surface area contributed by atoms with Crippen molar-refractivity contribution in [3.05, 3.63) is 101 Å². The fourth-order valence-corrected chi connectivity index (χ4v) is 5.21. The molecule has 5 aromatic rings. The van der Waals surface area contributed by atoms with E-state index in [4.69, 9.17) is 10.1 Å². The summed E-state index contributed by atoms with van der Waals surface area (Å²) in [5.74, 6) is -0.0673. The zero-order valence-corrected chi connectivity index (χ0v) is 19.9. The third-order valence-electron chi connectivity index (χ3n) is 5.13. The van der Waals surface area contributed by atoms with E-state index in [0.717, 1.165) is 23.1 Å². The molecule has 2 heterocycles. The van der Waals surface area contributed by atoms with Crippen LogP contribution in [0.2, 0.25) is 0 Å². The molecular formula is C25H19N5O3S2. The van der Waals surface area contributed by atoms with Gasteiger partial charge in [0.25, 0.3) is 5.56 Å². The minimum Gasteiger partial charge on any atom is -0.481 e. The number of nitrogens with zero attached hydrogens (tertiary/aromatic N) is 5. The Bertz CT molecular complexity index is 1550. The van der Waals surface area contributed by atoms with E-state index in [2.05, 4.69) is 10.2 Å². The molecule has 0 amide bonds. The Morgan fingerprint density at radius 1 is 0.771 bits per heavy atom. The highest BCUT2D eigenvalue weighted by molar-refractivity contribution is 7.99. The smallest absolute Gasteiger partial charge is 0.313 e. The molecule has 1 N–H and O–H groups in total. The largest absolute Gasteiger partial charge is 0.481 e. The lowest BCUT2D eigenvalue weighted by Crippen LogP contribution is -2.21. The standard InChI is InChI=1S/C25H19N5O3S2/c31-22(32)16-35-25-28-27-21(29(25)17-9-3-1-4-10-17)15-34-24-26-20-14-8-7-13-19(20)23(33)30(24)18-11-5-2-6-12-18/h1-14H,15-16H2,(H,31,32). The van der Waals surface area contributed by atoms with Crippen LogP contribution in [-0.2, 0) is 10.5 Å². The zero-order valence-electron chi connectivity index (χ0n) is 18.3. The number of aromatic nitrogens is 5. The Hall–Kier alpha value is -3.89. The zero-order chi connectivity index (χ0) is 24.2. The van der Waals surface area contributed by atoms with Gasteiger partial charge >= 0.3 is 5.97 Å². The third-order valence-corrected chi connectivity index (χ3v) is 6.98. The number of rotatable bonds is 8. The first-order valence-electron chi connectivity index (χ1n) is 10.7. The van der Waals surface area contributed by atoms with E-state index in [1.807, 2.05) is 83.4 Å². The number of thioether (sulfide) groups is 2. The van der Waals surface area contributed by atoms with Crippen molar-refractivity contribution >= 4 is 40.4 Å². The summed E-state index contributed by atoms with van der Waals surface area (Å²) in [6.45, 7) is 0. The van der Waals surface area contributed by atoms with E-state index in [1.165, 1.54) is 11.8 Å². The van der Waals surface area contributed by atoms with Crippen molar-refractivity contribution in [2.75, 3.05) is 5.75 Å². The SMILES string of the molecule is O=C(O)CSc1nnc(CSc2nc3ccccc3c(=O)n2-c2ccccc2)n1-c1ccccc1. The van der Waals surface area contributed by atoms with E-state index >= 15 is 0 Å². The van der Waals surface area contributed by atoms with Crippen LogP contribution in [0.5, 0.6) is 0 Å². The number of aliphatic carboxylic acids is 1. The summed E-state index contributed by atoms with van der Waals surface area (Å²) in [5, 5.41) is 19.3. The highest BCUT2D eigenvalue weighted by Gasteiger charge is 2.18. The van der Waals surface area contributed by atoms with E-state index in [1.54, 1.807) is 10.6 Å². The molecule has 0 aliphatic rings. The predicted molar refractivity (Wildman–Crippen MR) is 137 cm³/mol. The molecule has 8 nitrogen and oxygen atoms in total. The fourth-order valence-electron chi connectivity index (χ4n) is 3.59. The molecule has 174 valence electrons. The second-order valence-corrected chi connectivity index (χ2v) is 9.31. The topological polar surface area (TPSA) is 103 Å². The Labute approximate surface area is 208 Å². The van der Waals surface area contributed by atoms with Crippen LogP contribution in [0.15, 0.2) is 100 Å². The molecular weight excluding hydrogens is 482 g/mol. The van der Waals surface area contributed by atoms with Gasteiger partial charge in [-0.1, -0.05) is 72.1 Å². The summed E-state index contributed by atoms with van der Waals surface area (Å²) in [5.41, 5.74) is 2.02. The van der Waals surface area contributed by atoms with Crippen LogP contribution in [0.4, 0.5) is 0 Å². The van der Waals surface area contributed by atoms with Crippen molar-refractivity contribution < 1.29 is 9.90 Å². The van der Waals surface area contributed by atoms with Crippen LogP contribution in [0.1, 0.15) is 5.82 Å². The number of carboxylic acid groups (broad SMARTS) is 1. The maximum atomic E-state index is 13.4. The Morgan fingerprint density at radius 2 is 1.40 bits per heavy atom. The summed E-state index contributed by atoms with van der Waals surface area (Å²) >= 11 is 2.48. The van der Waals surface area contributed by atoms with Crippen molar-refractivity contribution in [1.82, 2.24) is 24.3 Å². The summed E-state index contributed by atoms with van der Waals surface area (Å²) in [7, 11) is 0. The summed E-state index contributed by atoms with van der Waals surface area (Å²) in [6.07, 6.45) is 0. The van der Waals surface area contributed by atoms with Gasteiger partial charge in [-0.05, 0) is 36.4 Å². The second-order valence-electron chi connectivity index (χ2n) is 7.43. The van der Waals surface area contributed by atoms with Crippen LogP contribution in [0.25, 0.3) is 22.3 Å². The minimum atomic E-state index is -0.930. The van der Waals surface area contributed by atoms with Gasteiger partial charge in [0.15, 0.2) is 10.3 Å². The van der Waals surface area contributed by atoms with Crippen molar-refractivity contribution in [1.29, 1.82) is 0 Å². The summed E-state index contributed by atoms with van der Waals surface area (Å²) < 4.78 is 3.45. The van der Waals surface area contributed by atoms with Gasteiger partial charge in [-0.25, -0.2) is 4.98 Å². The number of hydrogen-bond acceptors (Lipinski definition) is 7. The molecule has 3 aromatic carbocycles. The highest BCUT2D eigenvalue weighted by Crippen LogP contribution is 2.28. The van der Waals surface area contributed by atoms with Gasteiger partial charge in [0.2, 0.25) is 0 Å². The molecule has 2 aromatic heterocycles. The first-order chi connectivity index (χ1) is 17.1. The van der Waals surface area contributed by atoms with Crippen LogP contribution >= 0.6 is 23.5 Å². The maximum absolute atomic E-state index is 13.4. The van der Waals surface area contributed by atoms with Gasteiger partial charge in [0.1, 0.15) is 5.82 Å². The lowest BCUT2D eigenvalue weighted by atomic mass is 10.2. The lowest BCUT2D eigenvalue weighted by Gasteiger charge is -2.14. The molecule has 10 heteroatoms. The Balaban J connectivity index is 1.56. The molecule has 0 unspecified atom stereocenters. The predicted octanol–water partition coefficient (Wildman–Crippen LogP) is 4.44. The average Bonchev–Trinajstić information content (AvgIpc) is 3.30. The van der Waals surface area contributed by atoms with Crippen LogP contribution in [0.3, 0.4) is 0 Å². The van der Waals surface area contributed by atoms with Crippen LogP contribution in [0, 0.1) is 0 Å². The van der Waals surface area contributed by atoms with Gasteiger partial charge < -0.3 is 5.11 Å². The second kappa shape index (κ2) is 10.2. The van der Waals surface area contributed by atoms with Crippen molar-refractivity contribution in [3.63, 3.8) is 0 Å². The van der Waals surface area contributed by atoms with Gasteiger partial charge in [0.05, 0.1) is 28.1 Å².